The molecule has 4 rings (SSSR count). The van der Waals surface area contributed by atoms with Crippen molar-refractivity contribution in [3.63, 3.8) is 0 Å². The Balaban J connectivity index is 1.26. The second kappa shape index (κ2) is 11.2. The van der Waals surface area contributed by atoms with Crippen LogP contribution in [0.4, 0.5) is 5.69 Å². The van der Waals surface area contributed by atoms with E-state index in [0.717, 1.165) is 39.3 Å². The zero-order valence-electron chi connectivity index (χ0n) is 20.2. The Labute approximate surface area is 201 Å². The minimum Gasteiger partial charge on any atom is -0.493 e. The molecular formula is C27H33N3O4. The van der Waals surface area contributed by atoms with Gasteiger partial charge in [-0.2, -0.15) is 0 Å². The summed E-state index contributed by atoms with van der Waals surface area (Å²) in [6, 6.07) is 18.6. The molecule has 0 spiro atoms. The monoisotopic (exact) mass is 463 g/mol. The smallest absolute Gasteiger partial charge is 0.225 e. The zero-order valence-corrected chi connectivity index (χ0v) is 20.2. The largest absolute Gasteiger partial charge is 0.493 e. The molecule has 34 heavy (non-hydrogen) atoms. The molecular weight excluding hydrogens is 430 g/mol. The van der Waals surface area contributed by atoms with Gasteiger partial charge >= 0.3 is 0 Å². The van der Waals surface area contributed by atoms with E-state index in [1.165, 1.54) is 16.3 Å². The molecule has 0 bridgehead atoms. The van der Waals surface area contributed by atoms with Gasteiger partial charge in [-0.3, -0.25) is 9.69 Å². The highest BCUT2D eigenvalue weighted by Crippen LogP contribution is 2.39. The van der Waals surface area contributed by atoms with E-state index < -0.39 is 0 Å². The summed E-state index contributed by atoms with van der Waals surface area (Å²) in [5, 5.41) is 5.57. The van der Waals surface area contributed by atoms with Crippen molar-refractivity contribution in [1.82, 2.24) is 9.80 Å². The number of piperazine rings is 1. The molecule has 1 aliphatic rings. The minimum atomic E-state index is -0.0348. The van der Waals surface area contributed by atoms with Gasteiger partial charge in [0.25, 0.3) is 0 Å². The maximum Gasteiger partial charge on any atom is 0.225 e. The van der Waals surface area contributed by atoms with Gasteiger partial charge < -0.3 is 24.4 Å². The summed E-state index contributed by atoms with van der Waals surface area (Å²) in [7, 11) is 4.67. The second-order valence-corrected chi connectivity index (χ2v) is 8.47. The first kappa shape index (κ1) is 23.9. The number of amides is 1. The Hall–Kier alpha value is -3.29. The summed E-state index contributed by atoms with van der Waals surface area (Å²) in [6.45, 7) is 5.61. The van der Waals surface area contributed by atoms with Crippen LogP contribution in [0.25, 0.3) is 10.8 Å². The molecule has 7 nitrogen and oxygen atoms in total. The van der Waals surface area contributed by atoms with Crippen LogP contribution in [0.1, 0.15) is 12.0 Å². The summed E-state index contributed by atoms with van der Waals surface area (Å²) < 4.78 is 16.1. The standard InChI is InChI=1S/C27H33N3O4/c1-32-24-17-22(18-25(33-2)27(24)34-3)28-26(31)11-12-29-13-15-30(16-14-29)19-21-9-6-8-20-7-4-5-10-23(20)21/h4-10,17-18H,11-16,19H2,1-3H3,(H,28,31). The highest BCUT2D eigenvalue weighted by Gasteiger charge is 2.19. The number of carbonyl (C=O) groups excluding carboxylic acids is 1. The van der Waals surface area contributed by atoms with Crippen molar-refractivity contribution in [2.75, 3.05) is 59.4 Å². The maximum atomic E-state index is 12.6. The fourth-order valence-electron chi connectivity index (χ4n) is 4.48. The molecule has 7 heteroatoms. The number of anilines is 1. The average molecular weight is 464 g/mol. The quantitative estimate of drug-likeness (QED) is 0.517. The molecule has 0 atom stereocenters. The molecule has 0 aliphatic carbocycles. The second-order valence-electron chi connectivity index (χ2n) is 8.47. The lowest BCUT2D eigenvalue weighted by molar-refractivity contribution is -0.116. The normalized spacial score (nSPS) is 14.7. The topological polar surface area (TPSA) is 63.3 Å². The Morgan fingerprint density at radius 2 is 1.50 bits per heavy atom. The number of hydrogen-bond acceptors (Lipinski definition) is 6. The molecule has 3 aromatic carbocycles. The Bertz CT molecular complexity index is 1100. The van der Waals surface area contributed by atoms with Crippen LogP contribution in [-0.2, 0) is 11.3 Å². The Kier molecular flexibility index (Phi) is 7.87. The number of benzene rings is 3. The van der Waals surface area contributed by atoms with E-state index in [-0.39, 0.29) is 5.91 Å². The minimum absolute atomic E-state index is 0.0348. The van der Waals surface area contributed by atoms with Crippen LogP contribution < -0.4 is 19.5 Å². The number of nitrogens with zero attached hydrogens (tertiary/aromatic N) is 2. The first-order chi connectivity index (χ1) is 16.6. The maximum absolute atomic E-state index is 12.6. The number of methoxy groups -OCH3 is 3. The Morgan fingerprint density at radius 1 is 0.853 bits per heavy atom. The zero-order chi connectivity index (χ0) is 23.9. The van der Waals surface area contributed by atoms with Crippen LogP contribution in [-0.4, -0.2) is 69.8 Å². The van der Waals surface area contributed by atoms with Crippen LogP contribution in [0, 0.1) is 0 Å². The van der Waals surface area contributed by atoms with E-state index in [1.807, 2.05) is 0 Å². The summed E-state index contributed by atoms with van der Waals surface area (Å²) >= 11 is 0. The number of hydrogen-bond donors (Lipinski definition) is 1. The van der Waals surface area contributed by atoms with Gasteiger partial charge in [-0.1, -0.05) is 42.5 Å². The van der Waals surface area contributed by atoms with Crippen molar-refractivity contribution < 1.29 is 19.0 Å². The van der Waals surface area contributed by atoms with Gasteiger partial charge in [-0.15, -0.1) is 0 Å². The predicted octanol–water partition coefficient (Wildman–Crippen LogP) is 4.01. The van der Waals surface area contributed by atoms with Crippen molar-refractivity contribution in [1.29, 1.82) is 0 Å². The lowest BCUT2D eigenvalue weighted by Crippen LogP contribution is -2.46. The van der Waals surface area contributed by atoms with Crippen LogP contribution in [0.5, 0.6) is 17.2 Å². The Morgan fingerprint density at radius 3 is 2.18 bits per heavy atom. The van der Waals surface area contributed by atoms with Gasteiger partial charge in [0.2, 0.25) is 11.7 Å². The molecule has 3 aromatic rings. The van der Waals surface area contributed by atoms with Gasteiger partial charge in [0.1, 0.15) is 0 Å². The van der Waals surface area contributed by atoms with Gasteiger partial charge in [0.05, 0.1) is 21.3 Å². The summed E-state index contributed by atoms with van der Waals surface area (Å²) in [4.78, 5) is 17.4. The highest BCUT2D eigenvalue weighted by atomic mass is 16.5. The number of ether oxygens (including phenoxy) is 3. The lowest BCUT2D eigenvalue weighted by Gasteiger charge is -2.34. The fraction of sp³-hybridized carbons (Fsp3) is 0.370. The van der Waals surface area contributed by atoms with Gasteiger partial charge in [-0.05, 0) is 16.3 Å². The van der Waals surface area contributed by atoms with E-state index in [1.54, 1.807) is 33.5 Å². The first-order valence-electron chi connectivity index (χ1n) is 11.6. The van der Waals surface area contributed by atoms with Crippen LogP contribution in [0.15, 0.2) is 54.6 Å². The van der Waals surface area contributed by atoms with Gasteiger partial charge in [-0.25, -0.2) is 0 Å². The van der Waals surface area contributed by atoms with Crippen molar-refractivity contribution >= 4 is 22.4 Å². The number of carbonyl (C=O) groups is 1. The number of fused-ring (bicyclic) bond motifs is 1. The fourth-order valence-corrected chi connectivity index (χ4v) is 4.48. The molecule has 1 aliphatic heterocycles. The van der Waals surface area contributed by atoms with Crippen LogP contribution in [0.2, 0.25) is 0 Å². The van der Waals surface area contributed by atoms with Crippen molar-refractivity contribution in [3.05, 3.63) is 60.2 Å². The molecule has 0 aromatic heterocycles. The van der Waals surface area contributed by atoms with Crippen LogP contribution in [0.3, 0.4) is 0 Å². The SMILES string of the molecule is COc1cc(NC(=O)CCN2CCN(Cc3cccc4ccccc34)CC2)cc(OC)c1OC. The summed E-state index contributed by atoms with van der Waals surface area (Å²) in [5.74, 6) is 1.50. The molecule has 0 saturated carbocycles. The molecule has 1 saturated heterocycles. The van der Waals surface area contributed by atoms with Crippen molar-refractivity contribution in [2.24, 2.45) is 0 Å². The molecule has 0 radical (unpaired) electrons. The molecule has 1 N–H and O–H groups in total. The molecule has 1 amide bonds. The van der Waals surface area contributed by atoms with E-state index >= 15 is 0 Å². The lowest BCUT2D eigenvalue weighted by atomic mass is 10.0. The molecule has 0 unspecified atom stereocenters. The van der Waals surface area contributed by atoms with E-state index in [4.69, 9.17) is 14.2 Å². The van der Waals surface area contributed by atoms with E-state index in [9.17, 15) is 4.79 Å². The molecule has 1 heterocycles. The third-order valence-corrected chi connectivity index (χ3v) is 6.34. The third kappa shape index (κ3) is 5.61. The van der Waals surface area contributed by atoms with Crippen molar-refractivity contribution in [3.8, 4) is 17.2 Å². The van der Waals surface area contributed by atoms with Crippen molar-refractivity contribution in [2.45, 2.75) is 13.0 Å². The molecule has 1 fully saturated rings. The summed E-state index contributed by atoms with van der Waals surface area (Å²) in [6.07, 6.45) is 0.431. The number of nitrogens with one attached hydrogen (secondary N) is 1. The van der Waals surface area contributed by atoms with E-state index in [2.05, 4.69) is 57.6 Å². The highest BCUT2D eigenvalue weighted by molar-refractivity contribution is 5.91. The first-order valence-corrected chi connectivity index (χ1v) is 11.6. The van der Waals surface area contributed by atoms with Gasteiger partial charge in [0, 0.05) is 63.5 Å². The molecule has 180 valence electrons. The van der Waals surface area contributed by atoms with Crippen LogP contribution >= 0.6 is 0 Å². The third-order valence-electron chi connectivity index (χ3n) is 6.34. The van der Waals surface area contributed by atoms with Gasteiger partial charge in [0.15, 0.2) is 11.5 Å². The van der Waals surface area contributed by atoms with E-state index in [0.29, 0.717) is 29.4 Å². The summed E-state index contributed by atoms with van der Waals surface area (Å²) in [5.41, 5.74) is 2.00. The average Bonchev–Trinajstić information content (AvgIpc) is 2.88. The predicted molar refractivity (Wildman–Crippen MR) is 135 cm³/mol. The number of rotatable bonds is 9.